The van der Waals surface area contributed by atoms with E-state index in [0.29, 0.717) is 5.56 Å². The molecule has 4 heteroatoms. The Kier molecular flexibility index (Phi) is 4.53. The standard InChI is InChI=1S/C15H18N2O2/c1-17-9-3-2-4-14(17)15(18)19-11-13-7-5-12(10-16)6-8-13/h5-8,14H,2-4,9,11H2,1H3/t14-/m1/s1. The monoisotopic (exact) mass is 258 g/mol. The molecule has 2 rings (SSSR count). The maximum Gasteiger partial charge on any atom is 0.323 e. The molecular weight excluding hydrogens is 240 g/mol. The summed E-state index contributed by atoms with van der Waals surface area (Å²) in [6, 6.07) is 9.05. The average Bonchev–Trinajstić information content (AvgIpc) is 2.46. The van der Waals surface area contributed by atoms with Crippen molar-refractivity contribution >= 4 is 5.97 Å². The largest absolute Gasteiger partial charge is 0.460 e. The molecule has 1 aliphatic heterocycles. The Morgan fingerprint density at radius 1 is 1.42 bits per heavy atom. The fraction of sp³-hybridized carbons (Fsp3) is 0.467. The van der Waals surface area contributed by atoms with Crippen LogP contribution < -0.4 is 0 Å². The average molecular weight is 258 g/mol. The first-order valence-corrected chi connectivity index (χ1v) is 6.56. The van der Waals surface area contributed by atoms with E-state index in [9.17, 15) is 4.79 Å². The summed E-state index contributed by atoms with van der Waals surface area (Å²) in [4.78, 5) is 14.0. The van der Waals surface area contributed by atoms with Gasteiger partial charge in [-0.05, 0) is 44.1 Å². The number of nitrogens with zero attached hydrogens (tertiary/aromatic N) is 2. The number of carbonyl (C=O) groups excluding carboxylic acids is 1. The van der Waals surface area contributed by atoms with Crippen LogP contribution in [0.4, 0.5) is 0 Å². The molecule has 0 bridgehead atoms. The summed E-state index contributed by atoms with van der Waals surface area (Å²) in [5.74, 6) is -0.147. The zero-order valence-electron chi connectivity index (χ0n) is 11.1. The van der Waals surface area contributed by atoms with Gasteiger partial charge in [0, 0.05) is 0 Å². The molecule has 4 nitrogen and oxygen atoms in total. The number of rotatable bonds is 3. The van der Waals surface area contributed by atoms with Crippen LogP contribution in [0, 0.1) is 11.3 Å². The first kappa shape index (κ1) is 13.6. The van der Waals surface area contributed by atoms with Crippen molar-refractivity contribution in [2.24, 2.45) is 0 Å². The predicted octanol–water partition coefficient (Wildman–Crippen LogP) is 2.09. The van der Waals surface area contributed by atoms with Crippen molar-refractivity contribution in [3.8, 4) is 6.07 Å². The van der Waals surface area contributed by atoms with Crippen molar-refractivity contribution in [3.63, 3.8) is 0 Å². The van der Waals surface area contributed by atoms with Gasteiger partial charge in [0.05, 0.1) is 11.6 Å². The molecule has 0 aliphatic carbocycles. The van der Waals surface area contributed by atoms with Gasteiger partial charge in [0.15, 0.2) is 0 Å². The van der Waals surface area contributed by atoms with E-state index in [4.69, 9.17) is 10.00 Å². The molecule has 1 aromatic rings. The van der Waals surface area contributed by atoms with Crippen LogP contribution in [-0.4, -0.2) is 30.5 Å². The molecule has 1 aromatic carbocycles. The summed E-state index contributed by atoms with van der Waals surface area (Å²) in [6.07, 6.45) is 3.11. The molecule has 100 valence electrons. The minimum Gasteiger partial charge on any atom is -0.460 e. The Labute approximate surface area is 113 Å². The Hall–Kier alpha value is -1.86. The molecule has 19 heavy (non-hydrogen) atoms. The lowest BCUT2D eigenvalue weighted by molar-refractivity contribution is -0.152. The highest BCUT2D eigenvalue weighted by atomic mass is 16.5. The van der Waals surface area contributed by atoms with Crippen molar-refractivity contribution < 1.29 is 9.53 Å². The van der Waals surface area contributed by atoms with Crippen molar-refractivity contribution in [1.29, 1.82) is 5.26 Å². The molecule has 1 aliphatic rings. The van der Waals surface area contributed by atoms with E-state index in [2.05, 4.69) is 11.0 Å². The van der Waals surface area contributed by atoms with Crippen LogP contribution >= 0.6 is 0 Å². The van der Waals surface area contributed by atoms with E-state index in [1.165, 1.54) is 0 Å². The number of ether oxygens (including phenoxy) is 1. The van der Waals surface area contributed by atoms with Crippen LogP contribution in [0.15, 0.2) is 24.3 Å². The molecule has 0 spiro atoms. The summed E-state index contributed by atoms with van der Waals surface area (Å²) in [6.45, 7) is 1.23. The third-order valence-electron chi connectivity index (χ3n) is 3.51. The molecule has 0 unspecified atom stereocenters. The summed E-state index contributed by atoms with van der Waals surface area (Å²) in [5.41, 5.74) is 1.52. The van der Waals surface area contributed by atoms with Gasteiger partial charge in [-0.1, -0.05) is 18.6 Å². The Balaban J connectivity index is 1.87. The summed E-state index contributed by atoms with van der Waals surface area (Å²) in [7, 11) is 1.97. The normalized spacial score (nSPS) is 19.7. The lowest BCUT2D eigenvalue weighted by atomic mass is 10.0. The number of likely N-dealkylation sites (tertiary alicyclic amines) is 1. The fourth-order valence-corrected chi connectivity index (χ4v) is 2.30. The second kappa shape index (κ2) is 6.35. The maximum absolute atomic E-state index is 12.0. The molecule has 0 N–H and O–H groups in total. The SMILES string of the molecule is CN1CCCC[C@@H]1C(=O)OCc1ccc(C#N)cc1. The second-order valence-electron chi connectivity index (χ2n) is 4.91. The number of piperidine rings is 1. The zero-order valence-corrected chi connectivity index (χ0v) is 11.1. The van der Waals surface area contributed by atoms with Gasteiger partial charge in [0.2, 0.25) is 0 Å². The Morgan fingerprint density at radius 2 is 2.16 bits per heavy atom. The smallest absolute Gasteiger partial charge is 0.323 e. The third-order valence-corrected chi connectivity index (χ3v) is 3.51. The van der Waals surface area contributed by atoms with E-state index in [1.54, 1.807) is 12.1 Å². The first-order valence-electron chi connectivity index (χ1n) is 6.56. The van der Waals surface area contributed by atoms with Crippen LogP contribution in [0.2, 0.25) is 0 Å². The number of esters is 1. The maximum atomic E-state index is 12.0. The van der Waals surface area contributed by atoms with E-state index >= 15 is 0 Å². The van der Waals surface area contributed by atoms with Gasteiger partial charge in [0.1, 0.15) is 12.6 Å². The van der Waals surface area contributed by atoms with Gasteiger partial charge in [-0.3, -0.25) is 9.69 Å². The topological polar surface area (TPSA) is 53.3 Å². The number of nitriles is 1. The number of carbonyl (C=O) groups is 1. The van der Waals surface area contributed by atoms with Gasteiger partial charge >= 0.3 is 5.97 Å². The van der Waals surface area contributed by atoms with E-state index in [-0.39, 0.29) is 18.6 Å². The van der Waals surface area contributed by atoms with E-state index < -0.39 is 0 Å². The van der Waals surface area contributed by atoms with Gasteiger partial charge in [-0.2, -0.15) is 5.26 Å². The third kappa shape index (κ3) is 3.55. The number of hydrogen-bond donors (Lipinski definition) is 0. The molecule has 1 heterocycles. The lowest BCUT2D eigenvalue weighted by Gasteiger charge is -2.30. The number of likely N-dealkylation sites (N-methyl/N-ethyl adjacent to an activating group) is 1. The van der Waals surface area contributed by atoms with Gasteiger partial charge in [-0.25, -0.2) is 0 Å². The van der Waals surface area contributed by atoms with Crippen molar-refractivity contribution in [3.05, 3.63) is 35.4 Å². The van der Waals surface area contributed by atoms with E-state index in [1.807, 2.05) is 19.2 Å². The zero-order chi connectivity index (χ0) is 13.7. The highest BCUT2D eigenvalue weighted by Crippen LogP contribution is 2.16. The van der Waals surface area contributed by atoms with Gasteiger partial charge < -0.3 is 4.74 Å². The van der Waals surface area contributed by atoms with Crippen LogP contribution in [0.3, 0.4) is 0 Å². The highest BCUT2D eigenvalue weighted by molar-refractivity contribution is 5.75. The van der Waals surface area contributed by atoms with Crippen molar-refractivity contribution in [1.82, 2.24) is 4.90 Å². The minimum atomic E-state index is -0.147. The van der Waals surface area contributed by atoms with Gasteiger partial charge in [-0.15, -0.1) is 0 Å². The first-order chi connectivity index (χ1) is 9.20. The van der Waals surface area contributed by atoms with Crippen molar-refractivity contribution in [2.45, 2.75) is 31.9 Å². The number of benzene rings is 1. The molecule has 0 aromatic heterocycles. The van der Waals surface area contributed by atoms with Crippen LogP contribution in [0.1, 0.15) is 30.4 Å². The molecule has 0 saturated carbocycles. The van der Waals surface area contributed by atoms with E-state index in [0.717, 1.165) is 31.4 Å². The predicted molar refractivity (Wildman–Crippen MR) is 71.2 cm³/mol. The number of hydrogen-bond acceptors (Lipinski definition) is 4. The Morgan fingerprint density at radius 3 is 2.79 bits per heavy atom. The molecular formula is C15H18N2O2. The summed E-state index contributed by atoms with van der Waals surface area (Å²) < 4.78 is 5.35. The molecule has 0 radical (unpaired) electrons. The Bertz CT molecular complexity index is 476. The van der Waals surface area contributed by atoms with Crippen LogP contribution in [-0.2, 0) is 16.1 Å². The second-order valence-corrected chi connectivity index (χ2v) is 4.91. The van der Waals surface area contributed by atoms with Crippen LogP contribution in [0.5, 0.6) is 0 Å². The molecule has 0 amide bonds. The van der Waals surface area contributed by atoms with Crippen molar-refractivity contribution in [2.75, 3.05) is 13.6 Å². The minimum absolute atomic E-state index is 0.105. The highest BCUT2D eigenvalue weighted by Gasteiger charge is 2.26. The summed E-state index contributed by atoms with van der Waals surface area (Å²) >= 11 is 0. The molecule has 1 atom stereocenters. The van der Waals surface area contributed by atoms with Crippen LogP contribution in [0.25, 0.3) is 0 Å². The molecule has 1 saturated heterocycles. The lowest BCUT2D eigenvalue weighted by Crippen LogP contribution is -2.42. The quantitative estimate of drug-likeness (QED) is 0.779. The molecule has 1 fully saturated rings. The fourth-order valence-electron chi connectivity index (χ4n) is 2.30. The summed E-state index contributed by atoms with van der Waals surface area (Å²) in [5, 5.41) is 8.71. The van der Waals surface area contributed by atoms with Gasteiger partial charge in [0.25, 0.3) is 0 Å².